The molecule has 0 aliphatic rings. The zero-order valence-electron chi connectivity index (χ0n) is 14.4. The van der Waals surface area contributed by atoms with Crippen LogP contribution in [0.15, 0.2) is 59.0 Å². The van der Waals surface area contributed by atoms with Crippen LogP contribution in [0, 0.1) is 5.82 Å². The molecule has 0 fully saturated rings. The first-order chi connectivity index (χ1) is 13.8. The summed E-state index contributed by atoms with van der Waals surface area (Å²) in [4.78, 5) is 15.4. The van der Waals surface area contributed by atoms with Gasteiger partial charge in [0.15, 0.2) is 16.0 Å². The van der Waals surface area contributed by atoms with Crippen molar-refractivity contribution in [3.05, 3.63) is 65.9 Å². The van der Waals surface area contributed by atoms with Gasteiger partial charge in [-0.15, -0.1) is 0 Å². The second-order valence-corrected chi connectivity index (χ2v) is 6.88. The molecular weight excluding hydrogens is 428 g/mol. The van der Waals surface area contributed by atoms with Gasteiger partial charge >= 0.3 is 6.18 Å². The summed E-state index contributed by atoms with van der Waals surface area (Å²) in [6, 6.07) is 8.09. The van der Waals surface area contributed by atoms with Gasteiger partial charge in [-0.2, -0.15) is 13.2 Å². The molecule has 2 aromatic heterocycles. The van der Waals surface area contributed by atoms with Crippen molar-refractivity contribution in [3.8, 4) is 0 Å². The van der Waals surface area contributed by atoms with Gasteiger partial charge in [0, 0.05) is 25.0 Å². The average molecular weight is 440 g/mol. The molecule has 1 aromatic carbocycles. The van der Waals surface area contributed by atoms with Crippen molar-refractivity contribution in [2.75, 3.05) is 5.32 Å². The van der Waals surface area contributed by atoms with Gasteiger partial charge in [-0.3, -0.25) is 0 Å². The maximum Gasteiger partial charge on any atom is 0.433 e. The van der Waals surface area contributed by atoms with Gasteiger partial charge in [-0.1, -0.05) is 12.1 Å². The highest BCUT2D eigenvalue weighted by Crippen LogP contribution is 2.32. The minimum atomic E-state index is -4.67. The van der Waals surface area contributed by atoms with E-state index in [-0.39, 0.29) is 33.6 Å². The number of thiocarbonyl (C=S) groups is 1. The summed E-state index contributed by atoms with van der Waals surface area (Å²) in [6.45, 7) is 0.241. The molecule has 3 aromatic rings. The lowest BCUT2D eigenvalue weighted by Gasteiger charge is -2.13. The van der Waals surface area contributed by atoms with Crippen LogP contribution in [0.4, 0.5) is 23.5 Å². The molecule has 12 heteroatoms. The second kappa shape index (κ2) is 9.09. The summed E-state index contributed by atoms with van der Waals surface area (Å²) in [7, 11) is 0. The Morgan fingerprint density at radius 2 is 1.76 bits per heavy atom. The lowest BCUT2D eigenvalue weighted by molar-refractivity contribution is -0.141. The number of hydrogen-bond acceptors (Lipinski definition) is 6. The van der Waals surface area contributed by atoms with Crippen LogP contribution in [-0.2, 0) is 12.7 Å². The fourth-order valence-corrected chi connectivity index (χ4v) is 2.92. The summed E-state index contributed by atoms with van der Waals surface area (Å²) >= 11 is 5.94. The predicted octanol–water partition coefficient (Wildman–Crippen LogP) is 4.06. The largest absolute Gasteiger partial charge is 0.433 e. The van der Waals surface area contributed by atoms with Crippen LogP contribution >= 0.6 is 24.0 Å². The first-order valence-corrected chi connectivity index (χ1v) is 9.22. The summed E-state index contributed by atoms with van der Waals surface area (Å²) in [5.74, 6) is -0.700. The molecule has 2 N–H and O–H groups in total. The first kappa shape index (κ1) is 20.9. The molecule has 6 nitrogen and oxygen atoms in total. The number of hydrogen-bond donors (Lipinski definition) is 2. The van der Waals surface area contributed by atoms with Crippen LogP contribution in [0.3, 0.4) is 0 Å². The Balaban J connectivity index is 1.73. The van der Waals surface area contributed by atoms with Gasteiger partial charge in [-0.25, -0.2) is 24.3 Å². The Morgan fingerprint density at radius 3 is 2.41 bits per heavy atom. The van der Waals surface area contributed by atoms with Crippen LogP contribution in [0.5, 0.6) is 0 Å². The molecule has 0 aliphatic heterocycles. The smallest absolute Gasteiger partial charge is 0.358 e. The third-order valence-corrected chi connectivity index (χ3v) is 4.38. The molecule has 0 unspecified atom stereocenters. The number of benzene rings is 1. The number of aromatic nitrogens is 4. The summed E-state index contributed by atoms with van der Waals surface area (Å²) in [5.41, 5.74) is -0.396. The fraction of sp³-hybridized carbons (Fsp3) is 0.118. The molecule has 2 heterocycles. The van der Waals surface area contributed by atoms with E-state index < -0.39 is 11.9 Å². The normalized spacial score (nSPS) is 11.2. The number of nitrogens with one attached hydrogen (secondary N) is 2. The maximum absolute atomic E-state index is 13.2. The van der Waals surface area contributed by atoms with Gasteiger partial charge in [-0.05, 0) is 47.7 Å². The van der Waals surface area contributed by atoms with Crippen molar-refractivity contribution >= 4 is 35.0 Å². The minimum absolute atomic E-state index is 0.00218. The Labute approximate surface area is 172 Å². The molecule has 0 saturated heterocycles. The van der Waals surface area contributed by atoms with Gasteiger partial charge < -0.3 is 10.6 Å². The van der Waals surface area contributed by atoms with Gasteiger partial charge in [0.05, 0.1) is 0 Å². The van der Waals surface area contributed by atoms with Crippen molar-refractivity contribution in [3.63, 3.8) is 0 Å². The Bertz CT molecular complexity index is 983. The van der Waals surface area contributed by atoms with Crippen molar-refractivity contribution in [1.82, 2.24) is 25.3 Å². The molecule has 0 spiro atoms. The molecule has 150 valence electrons. The molecule has 0 radical (unpaired) electrons. The summed E-state index contributed by atoms with van der Waals surface area (Å²) in [6.07, 6.45) is -1.74. The summed E-state index contributed by atoms with van der Waals surface area (Å²) in [5, 5.41) is 5.59. The molecule has 29 heavy (non-hydrogen) atoms. The number of nitrogens with zero attached hydrogens (tertiary/aromatic N) is 4. The van der Waals surface area contributed by atoms with Crippen molar-refractivity contribution in [2.45, 2.75) is 22.9 Å². The third-order valence-electron chi connectivity index (χ3n) is 3.32. The van der Waals surface area contributed by atoms with Crippen LogP contribution in [0.1, 0.15) is 11.3 Å². The maximum atomic E-state index is 13.2. The molecule has 0 saturated carbocycles. The van der Waals surface area contributed by atoms with Gasteiger partial charge in [0.25, 0.3) is 0 Å². The van der Waals surface area contributed by atoms with Crippen LogP contribution in [0.25, 0.3) is 0 Å². The quantitative estimate of drug-likeness (QED) is 0.266. The number of halogens is 4. The SMILES string of the molecule is Fc1ccc(CNC(=S)Nc2nc(Sc3ncccn3)cc(C(F)(F)F)n2)cc1. The van der Waals surface area contributed by atoms with E-state index in [0.29, 0.717) is 0 Å². The topological polar surface area (TPSA) is 75.6 Å². The van der Waals surface area contributed by atoms with Crippen LogP contribution < -0.4 is 10.6 Å². The minimum Gasteiger partial charge on any atom is -0.358 e. The molecule has 3 rings (SSSR count). The van der Waals surface area contributed by atoms with E-state index in [2.05, 4.69) is 30.6 Å². The second-order valence-electron chi connectivity index (χ2n) is 5.48. The van der Waals surface area contributed by atoms with E-state index in [0.717, 1.165) is 23.4 Å². The zero-order chi connectivity index (χ0) is 20.9. The fourth-order valence-electron chi connectivity index (χ4n) is 2.04. The van der Waals surface area contributed by atoms with Crippen LogP contribution in [-0.4, -0.2) is 25.0 Å². The third kappa shape index (κ3) is 6.32. The molecule has 0 bridgehead atoms. The lowest BCUT2D eigenvalue weighted by Crippen LogP contribution is -2.29. The van der Waals surface area contributed by atoms with Crippen molar-refractivity contribution in [1.29, 1.82) is 0 Å². The highest BCUT2D eigenvalue weighted by Gasteiger charge is 2.34. The van der Waals surface area contributed by atoms with E-state index in [4.69, 9.17) is 12.2 Å². The van der Waals surface area contributed by atoms with E-state index in [9.17, 15) is 17.6 Å². The number of anilines is 1. The lowest BCUT2D eigenvalue weighted by atomic mass is 10.2. The standard InChI is InChI=1S/C17H12F4N6S2/c18-11-4-2-10(3-5-11)9-24-15(28)27-14-25-12(17(19,20)21)8-13(26-14)29-16-22-6-1-7-23-16/h1-8H,9H2,(H2,24,25,26,27,28). The molecule has 0 atom stereocenters. The molecular formula is C17H12F4N6S2. The Morgan fingerprint density at radius 1 is 1.07 bits per heavy atom. The van der Waals surface area contributed by atoms with E-state index in [1.54, 1.807) is 18.2 Å². The highest BCUT2D eigenvalue weighted by molar-refractivity contribution is 7.99. The monoisotopic (exact) mass is 440 g/mol. The van der Waals surface area contributed by atoms with Crippen molar-refractivity contribution in [2.24, 2.45) is 0 Å². The van der Waals surface area contributed by atoms with Gasteiger partial charge in [0.2, 0.25) is 5.95 Å². The van der Waals surface area contributed by atoms with E-state index in [1.165, 1.54) is 24.5 Å². The van der Waals surface area contributed by atoms with Crippen LogP contribution in [0.2, 0.25) is 0 Å². The van der Waals surface area contributed by atoms with Crippen molar-refractivity contribution < 1.29 is 17.6 Å². The Hall–Kier alpha value is -2.86. The zero-order valence-corrected chi connectivity index (χ0v) is 16.1. The van der Waals surface area contributed by atoms with E-state index in [1.807, 2.05) is 0 Å². The number of alkyl halides is 3. The summed E-state index contributed by atoms with van der Waals surface area (Å²) < 4.78 is 52.5. The highest BCUT2D eigenvalue weighted by atomic mass is 32.2. The molecule has 0 amide bonds. The van der Waals surface area contributed by atoms with Gasteiger partial charge in [0.1, 0.15) is 10.8 Å². The Kier molecular flexibility index (Phi) is 6.54. The van der Waals surface area contributed by atoms with E-state index >= 15 is 0 Å². The predicted molar refractivity (Wildman–Crippen MR) is 103 cm³/mol. The first-order valence-electron chi connectivity index (χ1n) is 8.00. The average Bonchev–Trinajstić information content (AvgIpc) is 2.67. The molecule has 0 aliphatic carbocycles. The number of rotatable bonds is 5.